The minimum Gasteiger partial charge on any atom is -0.395 e. The highest BCUT2D eigenvalue weighted by Crippen LogP contribution is 2.14. The molecule has 2 N–H and O–H groups in total. The second-order valence-electron chi connectivity index (χ2n) is 3.66. The standard InChI is InChI=1S/C9H18F3NO2/c1-7(2)13-8(5-14)3-4-15-6-9(10,11)12/h7-8,13-14H,3-6H2,1-2H3. The van der Waals surface area contributed by atoms with Crippen LogP contribution >= 0.6 is 0 Å². The summed E-state index contributed by atoms with van der Waals surface area (Å²) in [7, 11) is 0. The minimum absolute atomic E-state index is 0.00947. The lowest BCUT2D eigenvalue weighted by atomic mass is 10.2. The molecule has 0 saturated heterocycles. The predicted molar refractivity (Wildman–Crippen MR) is 50.6 cm³/mol. The molecule has 0 bridgehead atoms. The zero-order valence-corrected chi connectivity index (χ0v) is 8.97. The molecule has 0 aliphatic rings. The Morgan fingerprint density at radius 2 is 1.93 bits per heavy atom. The smallest absolute Gasteiger partial charge is 0.395 e. The average Bonchev–Trinajstić information content (AvgIpc) is 2.08. The van der Waals surface area contributed by atoms with Gasteiger partial charge in [-0.25, -0.2) is 0 Å². The molecule has 0 aromatic rings. The number of alkyl halides is 3. The summed E-state index contributed by atoms with van der Waals surface area (Å²) < 4.78 is 39.5. The molecule has 92 valence electrons. The van der Waals surface area contributed by atoms with Crippen molar-refractivity contribution in [3.05, 3.63) is 0 Å². The Hall–Kier alpha value is -0.330. The maximum atomic E-state index is 11.7. The zero-order valence-electron chi connectivity index (χ0n) is 8.97. The van der Waals surface area contributed by atoms with Gasteiger partial charge in [0, 0.05) is 18.7 Å². The van der Waals surface area contributed by atoms with Gasteiger partial charge >= 0.3 is 6.18 Å². The average molecular weight is 229 g/mol. The van der Waals surface area contributed by atoms with Crippen LogP contribution in [0.1, 0.15) is 20.3 Å². The quantitative estimate of drug-likeness (QED) is 0.647. The number of rotatable bonds is 7. The maximum Gasteiger partial charge on any atom is 0.411 e. The van der Waals surface area contributed by atoms with Crippen LogP contribution in [0.2, 0.25) is 0 Å². The van der Waals surface area contributed by atoms with Gasteiger partial charge in [-0.05, 0) is 6.42 Å². The summed E-state index contributed by atoms with van der Waals surface area (Å²) >= 11 is 0. The molecule has 0 spiro atoms. The maximum absolute atomic E-state index is 11.7. The molecule has 15 heavy (non-hydrogen) atoms. The summed E-state index contributed by atoms with van der Waals surface area (Å²) in [5.74, 6) is 0. The van der Waals surface area contributed by atoms with E-state index in [1.807, 2.05) is 13.8 Å². The zero-order chi connectivity index (χ0) is 11.9. The third-order valence-electron chi connectivity index (χ3n) is 1.67. The Morgan fingerprint density at radius 3 is 2.33 bits per heavy atom. The molecule has 0 rings (SSSR count). The van der Waals surface area contributed by atoms with Gasteiger partial charge in [0.2, 0.25) is 0 Å². The molecule has 1 atom stereocenters. The first-order chi connectivity index (χ1) is 6.85. The van der Waals surface area contributed by atoms with E-state index in [1.54, 1.807) is 0 Å². The lowest BCUT2D eigenvalue weighted by Crippen LogP contribution is -2.38. The van der Waals surface area contributed by atoms with Gasteiger partial charge in [0.15, 0.2) is 0 Å². The van der Waals surface area contributed by atoms with E-state index < -0.39 is 12.8 Å². The lowest BCUT2D eigenvalue weighted by molar-refractivity contribution is -0.174. The summed E-state index contributed by atoms with van der Waals surface area (Å²) in [6, 6.07) is -0.0250. The van der Waals surface area contributed by atoms with Crippen LogP contribution in [-0.2, 0) is 4.74 Å². The normalized spacial score (nSPS) is 14.6. The molecule has 0 amide bonds. The highest BCUT2D eigenvalue weighted by Gasteiger charge is 2.27. The largest absolute Gasteiger partial charge is 0.411 e. The molecule has 0 aromatic heterocycles. The Morgan fingerprint density at radius 1 is 1.33 bits per heavy atom. The molecule has 0 saturated carbocycles. The van der Waals surface area contributed by atoms with Gasteiger partial charge in [0.05, 0.1) is 6.61 Å². The topological polar surface area (TPSA) is 41.5 Å². The van der Waals surface area contributed by atoms with Crippen LogP contribution in [0.25, 0.3) is 0 Å². The van der Waals surface area contributed by atoms with Crippen molar-refractivity contribution in [1.82, 2.24) is 5.32 Å². The summed E-state index contributed by atoms with van der Waals surface area (Å²) in [4.78, 5) is 0. The molecular formula is C9H18F3NO2. The fourth-order valence-electron chi connectivity index (χ4n) is 1.11. The summed E-state index contributed by atoms with van der Waals surface area (Å²) in [5, 5.41) is 11.9. The molecule has 0 heterocycles. The number of nitrogens with one attached hydrogen (secondary N) is 1. The van der Waals surface area contributed by atoms with Crippen molar-refractivity contribution >= 4 is 0 Å². The predicted octanol–water partition coefficient (Wildman–Crippen LogP) is 1.31. The number of aliphatic hydroxyl groups is 1. The summed E-state index contributed by atoms with van der Waals surface area (Å²) in [6.45, 7) is 2.46. The second-order valence-corrected chi connectivity index (χ2v) is 3.66. The molecule has 0 radical (unpaired) electrons. The highest BCUT2D eigenvalue weighted by atomic mass is 19.4. The Kier molecular flexibility index (Phi) is 6.87. The van der Waals surface area contributed by atoms with Crippen LogP contribution in [0.5, 0.6) is 0 Å². The van der Waals surface area contributed by atoms with E-state index in [9.17, 15) is 13.2 Å². The van der Waals surface area contributed by atoms with Crippen LogP contribution in [0, 0.1) is 0 Å². The van der Waals surface area contributed by atoms with Crippen LogP contribution in [0.4, 0.5) is 13.2 Å². The van der Waals surface area contributed by atoms with Crippen LogP contribution < -0.4 is 5.32 Å². The van der Waals surface area contributed by atoms with Gasteiger partial charge in [-0.1, -0.05) is 13.8 Å². The number of aliphatic hydroxyl groups excluding tert-OH is 1. The number of halogens is 3. The van der Waals surface area contributed by atoms with Crippen LogP contribution in [-0.4, -0.2) is 43.2 Å². The molecular weight excluding hydrogens is 211 g/mol. The van der Waals surface area contributed by atoms with Gasteiger partial charge in [0.25, 0.3) is 0 Å². The van der Waals surface area contributed by atoms with Crippen LogP contribution in [0.15, 0.2) is 0 Å². The van der Waals surface area contributed by atoms with E-state index in [-0.39, 0.29) is 25.3 Å². The monoisotopic (exact) mass is 229 g/mol. The van der Waals surface area contributed by atoms with E-state index in [4.69, 9.17) is 5.11 Å². The van der Waals surface area contributed by atoms with Gasteiger partial charge in [-0.3, -0.25) is 0 Å². The number of hydrogen-bond acceptors (Lipinski definition) is 3. The van der Waals surface area contributed by atoms with Crippen molar-refractivity contribution in [2.45, 2.75) is 38.5 Å². The Bertz CT molecular complexity index is 162. The van der Waals surface area contributed by atoms with E-state index >= 15 is 0 Å². The van der Waals surface area contributed by atoms with Gasteiger partial charge in [-0.15, -0.1) is 0 Å². The number of ether oxygens (including phenoxy) is 1. The molecule has 1 unspecified atom stereocenters. The minimum atomic E-state index is -4.28. The van der Waals surface area contributed by atoms with Crippen molar-refractivity contribution in [2.75, 3.05) is 19.8 Å². The van der Waals surface area contributed by atoms with Crippen molar-refractivity contribution < 1.29 is 23.0 Å². The van der Waals surface area contributed by atoms with E-state index in [0.717, 1.165) is 0 Å². The lowest BCUT2D eigenvalue weighted by Gasteiger charge is -2.19. The van der Waals surface area contributed by atoms with Crippen molar-refractivity contribution in [3.8, 4) is 0 Å². The Balaban J connectivity index is 3.55. The van der Waals surface area contributed by atoms with E-state index in [2.05, 4.69) is 10.1 Å². The molecule has 0 aliphatic carbocycles. The van der Waals surface area contributed by atoms with Crippen molar-refractivity contribution in [3.63, 3.8) is 0 Å². The van der Waals surface area contributed by atoms with Gasteiger partial charge in [-0.2, -0.15) is 13.2 Å². The first-order valence-corrected chi connectivity index (χ1v) is 4.86. The summed E-state index contributed by atoms with van der Waals surface area (Å²) in [5.41, 5.74) is 0. The third-order valence-corrected chi connectivity index (χ3v) is 1.67. The molecule has 0 aromatic carbocycles. The van der Waals surface area contributed by atoms with E-state index in [1.165, 1.54) is 0 Å². The fourth-order valence-corrected chi connectivity index (χ4v) is 1.11. The Labute approximate surface area is 87.6 Å². The van der Waals surface area contributed by atoms with Crippen LogP contribution in [0.3, 0.4) is 0 Å². The van der Waals surface area contributed by atoms with Gasteiger partial charge in [0.1, 0.15) is 6.61 Å². The van der Waals surface area contributed by atoms with Crippen molar-refractivity contribution in [1.29, 1.82) is 0 Å². The first-order valence-electron chi connectivity index (χ1n) is 4.86. The first kappa shape index (κ1) is 14.7. The third kappa shape index (κ3) is 9.96. The summed E-state index contributed by atoms with van der Waals surface area (Å²) in [6.07, 6.45) is -3.91. The fraction of sp³-hybridized carbons (Fsp3) is 1.00. The SMILES string of the molecule is CC(C)NC(CO)CCOCC(F)(F)F. The molecule has 0 aliphatic heterocycles. The molecule has 3 nitrogen and oxygen atoms in total. The molecule has 0 fully saturated rings. The second kappa shape index (κ2) is 7.03. The molecule has 6 heteroatoms. The number of hydrogen-bond donors (Lipinski definition) is 2. The van der Waals surface area contributed by atoms with E-state index in [0.29, 0.717) is 6.42 Å². The highest BCUT2D eigenvalue weighted by molar-refractivity contribution is 4.67. The van der Waals surface area contributed by atoms with Gasteiger partial charge < -0.3 is 15.2 Å². The van der Waals surface area contributed by atoms with Crippen molar-refractivity contribution in [2.24, 2.45) is 0 Å².